The Hall–Kier alpha value is -2.94. The Kier molecular flexibility index (Phi) is 5.98. The van der Waals surface area contributed by atoms with Gasteiger partial charge in [-0.05, 0) is 48.9 Å². The van der Waals surface area contributed by atoms with Crippen molar-refractivity contribution >= 4 is 40.4 Å². The summed E-state index contributed by atoms with van der Waals surface area (Å²) < 4.78 is 2.09. The van der Waals surface area contributed by atoms with E-state index in [1.807, 2.05) is 0 Å². The van der Waals surface area contributed by atoms with Crippen molar-refractivity contribution in [1.82, 2.24) is 15.2 Å². The molecule has 9 heteroatoms. The van der Waals surface area contributed by atoms with Crippen molar-refractivity contribution in [2.45, 2.75) is 18.5 Å². The topological polar surface area (TPSA) is 92.2 Å². The molecule has 1 aliphatic heterocycles. The molecule has 4 rings (SSSR count). The van der Waals surface area contributed by atoms with Crippen LogP contribution in [0, 0.1) is 0 Å². The molecular formula is C21H19ClN4O3S. The number of carbonyl (C=O) groups excluding carboxylic acids is 2. The Labute approximate surface area is 181 Å². The van der Waals surface area contributed by atoms with E-state index in [1.165, 1.54) is 22.0 Å². The van der Waals surface area contributed by atoms with E-state index in [-0.39, 0.29) is 23.4 Å². The lowest BCUT2D eigenvalue weighted by Gasteiger charge is -2.13. The highest BCUT2D eigenvalue weighted by molar-refractivity contribution is 7.18. The highest BCUT2D eigenvalue weighted by Crippen LogP contribution is 2.22. The predicted octanol–water partition coefficient (Wildman–Crippen LogP) is 2.65. The van der Waals surface area contributed by atoms with Crippen molar-refractivity contribution in [2.75, 3.05) is 11.9 Å². The van der Waals surface area contributed by atoms with Gasteiger partial charge < -0.3 is 16.0 Å². The summed E-state index contributed by atoms with van der Waals surface area (Å²) in [6.45, 7) is 0.513. The van der Waals surface area contributed by atoms with Gasteiger partial charge in [-0.25, -0.2) is 0 Å². The maximum atomic E-state index is 12.6. The number of nitrogens with zero attached hydrogens (tertiary/aromatic N) is 1. The predicted molar refractivity (Wildman–Crippen MR) is 118 cm³/mol. The summed E-state index contributed by atoms with van der Waals surface area (Å²) in [6, 6.07) is 14.8. The molecule has 1 aromatic carbocycles. The lowest BCUT2D eigenvalue weighted by molar-refractivity contribution is -0.117. The Morgan fingerprint density at radius 2 is 1.90 bits per heavy atom. The Morgan fingerprint density at radius 1 is 1.10 bits per heavy atom. The number of thiophene rings is 1. The number of benzene rings is 1. The van der Waals surface area contributed by atoms with Gasteiger partial charge in [0.1, 0.15) is 0 Å². The molecule has 0 spiro atoms. The number of pyridine rings is 1. The highest BCUT2D eigenvalue weighted by atomic mass is 35.5. The molecule has 0 radical (unpaired) electrons. The monoisotopic (exact) mass is 442 g/mol. The fourth-order valence-electron chi connectivity index (χ4n) is 3.31. The molecule has 0 aliphatic carbocycles. The fraction of sp³-hybridized carbons (Fsp3) is 0.190. The molecule has 3 aromatic rings. The van der Waals surface area contributed by atoms with Gasteiger partial charge in [-0.2, -0.15) is 0 Å². The van der Waals surface area contributed by atoms with Gasteiger partial charge in [0.15, 0.2) is 0 Å². The van der Waals surface area contributed by atoms with E-state index in [4.69, 9.17) is 11.6 Å². The van der Waals surface area contributed by atoms with Crippen LogP contribution >= 0.6 is 22.9 Å². The number of rotatable bonds is 5. The first-order valence-electron chi connectivity index (χ1n) is 9.38. The standard InChI is InChI=1S/C21H19ClN4O3S/c22-18-9-8-17(30-18)21(29)25-14-11-16(23-12-14)20(28)24-13-4-6-15(7-5-13)26-10-2-1-3-19(26)27/h1-10,14,16,23H,11-12H2,(H,24,28)(H,25,29)/t14-,16?/m0/s1. The second-order valence-corrected chi connectivity index (χ2v) is 8.63. The molecule has 1 aliphatic rings. The minimum atomic E-state index is -0.404. The quantitative estimate of drug-likeness (QED) is 0.566. The van der Waals surface area contributed by atoms with Gasteiger partial charge in [0.25, 0.3) is 11.5 Å². The van der Waals surface area contributed by atoms with E-state index in [9.17, 15) is 14.4 Å². The zero-order valence-electron chi connectivity index (χ0n) is 15.8. The van der Waals surface area contributed by atoms with Gasteiger partial charge in [-0.15, -0.1) is 11.3 Å². The van der Waals surface area contributed by atoms with Crippen LogP contribution in [0.15, 0.2) is 65.6 Å². The molecule has 2 aromatic heterocycles. The fourth-order valence-corrected chi connectivity index (χ4v) is 4.26. The molecule has 0 bridgehead atoms. The molecule has 7 nitrogen and oxygen atoms in total. The Bertz CT molecular complexity index is 1130. The van der Waals surface area contributed by atoms with Crippen molar-refractivity contribution in [3.63, 3.8) is 0 Å². The van der Waals surface area contributed by atoms with Crippen LogP contribution in [-0.4, -0.2) is 35.0 Å². The zero-order valence-corrected chi connectivity index (χ0v) is 17.4. The van der Waals surface area contributed by atoms with Crippen molar-refractivity contribution in [2.24, 2.45) is 0 Å². The normalized spacial score (nSPS) is 18.2. The molecule has 154 valence electrons. The summed E-state index contributed by atoms with van der Waals surface area (Å²) >= 11 is 7.09. The molecule has 1 saturated heterocycles. The average molecular weight is 443 g/mol. The van der Waals surface area contributed by atoms with Crippen LogP contribution in [0.25, 0.3) is 5.69 Å². The first-order valence-corrected chi connectivity index (χ1v) is 10.6. The third kappa shape index (κ3) is 4.62. The molecule has 30 heavy (non-hydrogen) atoms. The number of hydrogen-bond donors (Lipinski definition) is 3. The van der Waals surface area contributed by atoms with Crippen LogP contribution in [0.5, 0.6) is 0 Å². The molecule has 2 atom stereocenters. The van der Waals surface area contributed by atoms with Gasteiger partial charge in [0.2, 0.25) is 5.91 Å². The largest absolute Gasteiger partial charge is 0.347 e. The number of nitrogens with one attached hydrogen (secondary N) is 3. The van der Waals surface area contributed by atoms with Gasteiger partial charge >= 0.3 is 0 Å². The lowest BCUT2D eigenvalue weighted by atomic mass is 10.1. The van der Waals surface area contributed by atoms with Crippen LogP contribution in [0.1, 0.15) is 16.1 Å². The number of aromatic nitrogens is 1. The van der Waals surface area contributed by atoms with Gasteiger partial charge in [-0.3, -0.25) is 19.0 Å². The summed E-state index contributed by atoms with van der Waals surface area (Å²) in [4.78, 5) is 37.3. The SMILES string of the molecule is O=C(N[C@@H]1CNC(C(=O)Nc2ccc(-n3ccccc3=O)cc2)C1)c1ccc(Cl)s1. The molecule has 2 amide bonds. The number of hydrogen-bond acceptors (Lipinski definition) is 5. The molecule has 1 fully saturated rings. The number of amides is 2. The third-order valence-corrected chi connectivity index (χ3v) is 6.04. The first-order chi connectivity index (χ1) is 14.5. The molecule has 0 saturated carbocycles. The van der Waals surface area contributed by atoms with Crippen LogP contribution in [0.2, 0.25) is 4.34 Å². The maximum absolute atomic E-state index is 12.6. The minimum Gasteiger partial charge on any atom is -0.347 e. The molecule has 3 N–H and O–H groups in total. The summed E-state index contributed by atoms with van der Waals surface area (Å²) in [5, 5.41) is 8.93. The van der Waals surface area contributed by atoms with E-state index in [0.717, 1.165) is 0 Å². The van der Waals surface area contributed by atoms with Crippen LogP contribution < -0.4 is 21.5 Å². The van der Waals surface area contributed by atoms with Crippen molar-refractivity contribution in [3.05, 3.63) is 80.4 Å². The third-order valence-electron chi connectivity index (χ3n) is 4.82. The summed E-state index contributed by atoms with van der Waals surface area (Å²) in [5.74, 6) is -0.359. The summed E-state index contributed by atoms with van der Waals surface area (Å²) in [6.07, 6.45) is 2.19. The van der Waals surface area contributed by atoms with Crippen LogP contribution in [0.3, 0.4) is 0 Å². The minimum absolute atomic E-state index is 0.123. The lowest BCUT2D eigenvalue weighted by Crippen LogP contribution is -2.35. The van der Waals surface area contributed by atoms with Gasteiger partial charge in [0.05, 0.1) is 15.3 Å². The number of carbonyl (C=O) groups is 2. The summed E-state index contributed by atoms with van der Waals surface area (Å²) in [7, 11) is 0. The molecule has 1 unspecified atom stereocenters. The molecular weight excluding hydrogens is 424 g/mol. The maximum Gasteiger partial charge on any atom is 0.261 e. The van der Waals surface area contributed by atoms with E-state index >= 15 is 0 Å². The van der Waals surface area contributed by atoms with E-state index in [2.05, 4.69) is 16.0 Å². The molecule has 3 heterocycles. The second kappa shape index (κ2) is 8.83. The van der Waals surface area contributed by atoms with Gasteiger partial charge in [-0.1, -0.05) is 17.7 Å². The highest BCUT2D eigenvalue weighted by Gasteiger charge is 2.30. The first kappa shape index (κ1) is 20.3. The van der Waals surface area contributed by atoms with Crippen LogP contribution in [0.4, 0.5) is 5.69 Å². The second-order valence-electron chi connectivity index (χ2n) is 6.92. The van der Waals surface area contributed by atoms with E-state index < -0.39 is 6.04 Å². The van der Waals surface area contributed by atoms with Crippen molar-refractivity contribution in [1.29, 1.82) is 0 Å². The van der Waals surface area contributed by atoms with E-state index in [1.54, 1.807) is 54.7 Å². The number of anilines is 1. The smallest absolute Gasteiger partial charge is 0.261 e. The number of halogens is 1. The van der Waals surface area contributed by atoms with E-state index in [0.29, 0.717) is 33.6 Å². The van der Waals surface area contributed by atoms with Crippen LogP contribution in [-0.2, 0) is 4.79 Å². The Morgan fingerprint density at radius 3 is 2.60 bits per heavy atom. The summed E-state index contributed by atoms with van der Waals surface area (Å²) in [5.41, 5.74) is 1.23. The van der Waals surface area contributed by atoms with Crippen molar-refractivity contribution < 1.29 is 9.59 Å². The van der Waals surface area contributed by atoms with Gasteiger partial charge in [0, 0.05) is 36.2 Å². The Balaban J connectivity index is 1.33. The average Bonchev–Trinajstić information content (AvgIpc) is 3.38. The zero-order chi connectivity index (χ0) is 21.1. The van der Waals surface area contributed by atoms with Crippen molar-refractivity contribution in [3.8, 4) is 5.69 Å².